The van der Waals surface area contributed by atoms with Gasteiger partial charge in [-0.2, -0.15) is 0 Å². The molecule has 9 heteroatoms. The van der Waals surface area contributed by atoms with E-state index in [2.05, 4.69) is 10.3 Å². The Morgan fingerprint density at radius 3 is 2.53 bits per heavy atom. The molecule has 0 fully saturated rings. The molecule has 0 atom stereocenters. The largest absolute Gasteiger partial charge is 0.441 e. The Hall–Kier alpha value is -3.26. The molecule has 0 aliphatic rings. The van der Waals surface area contributed by atoms with E-state index in [-0.39, 0.29) is 46.9 Å². The number of carbonyl (C=O) groups is 2. The predicted molar refractivity (Wildman–Crippen MR) is 108 cm³/mol. The molecule has 0 bridgehead atoms. The van der Waals surface area contributed by atoms with Crippen molar-refractivity contribution in [1.29, 1.82) is 0 Å². The number of carbonyl (C=O) groups excluding carboxylic acids is 2. The molecule has 0 saturated carbocycles. The first-order chi connectivity index (χ1) is 14.3. The van der Waals surface area contributed by atoms with Crippen LogP contribution < -0.4 is 5.32 Å². The van der Waals surface area contributed by atoms with Crippen LogP contribution >= 0.6 is 11.6 Å². The van der Waals surface area contributed by atoms with Crippen molar-refractivity contribution in [2.24, 2.45) is 0 Å². The monoisotopic (exact) mass is 433 g/mol. The van der Waals surface area contributed by atoms with E-state index in [1.54, 1.807) is 20.2 Å². The van der Waals surface area contributed by atoms with Gasteiger partial charge in [-0.3, -0.25) is 9.59 Å². The maximum Gasteiger partial charge on any atom is 0.253 e. The topological polar surface area (TPSA) is 75.4 Å². The summed E-state index contributed by atoms with van der Waals surface area (Å²) in [5.74, 6) is -2.04. The summed E-state index contributed by atoms with van der Waals surface area (Å²) in [6, 6.07) is 8.07. The number of halogens is 3. The van der Waals surface area contributed by atoms with E-state index in [4.69, 9.17) is 16.0 Å². The van der Waals surface area contributed by atoms with Crippen molar-refractivity contribution in [2.75, 3.05) is 19.4 Å². The highest BCUT2D eigenvalue weighted by Gasteiger charge is 2.17. The third-order valence-electron chi connectivity index (χ3n) is 4.22. The molecule has 0 aliphatic carbocycles. The Bertz CT molecular complexity index is 1080. The molecule has 0 spiro atoms. The van der Waals surface area contributed by atoms with Gasteiger partial charge in [0.05, 0.1) is 22.5 Å². The lowest BCUT2D eigenvalue weighted by Crippen LogP contribution is -2.22. The fraction of sp³-hybridized carbons (Fsp3) is 0.190. The summed E-state index contributed by atoms with van der Waals surface area (Å²) in [6.07, 6.45) is 1.31. The summed E-state index contributed by atoms with van der Waals surface area (Å²) in [7, 11) is 3.24. The van der Waals surface area contributed by atoms with Gasteiger partial charge in [-0.1, -0.05) is 17.7 Å². The van der Waals surface area contributed by atoms with Gasteiger partial charge in [-0.25, -0.2) is 13.8 Å². The zero-order chi connectivity index (χ0) is 21.8. The number of aromatic nitrogens is 1. The highest BCUT2D eigenvalue weighted by molar-refractivity contribution is 6.33. The molecule has 3 aromatic rings. The number of hydrogen-bond acceptors (Lipinski definition) is 4. The molecule has 1 aromatic heterocycles. The molecule has 0 saturated heterocycles. The first-order valence-electron chi connectivity index (χ1n) is 8.96. The van der Waals surface area contributed by atoms with Crippen LogP contribution in [0.3, 0.4) is 0 Å². The van der Waals surface area contributed by atoms with Crippen molar-refractivity contribution in [3.05, 3.63) is 70.7 Å². The van der Waals surface area contributed by atoms with Crippen LogP contribution in [0.4, 0.5) is 14.5 Å². The van der Waals surface area contributed by atoms with E-state index in [9.17, 15) is 18.4 Å². The fourth-order valence-electron chi connectivity index (χ4n) is 2.72. The maximum atomic E-state index is 13.8. The molecule has 3 rings (SSSR count). The summed E-state index contributed by atoms with van der Waals surface area (Å²) in [6.45, 7) is 0. The van der Waals surface area contributed by atoms with E-state index in [1.165, 1.54) is 29.3 Å². The molecule has 0 radical (unpaired) electrons. The Kier molecular flexibility index (Phi) is 6.47. The highest BCUT2D eigenvalue weighted by Crippen LogP contribution is 2.27. The summed E-state index contributed by atoms with van der Waals surface area (Å²) >= 11 is 6.10. The molecule has 30 heavy (non-hydrogen) atoms. The van der Waals surface area contributed by atoms with Crippen molar-refractivity contribution < 1.29 is 22.8 Å². The molecule has 6 nitrogen and oxygen atoms in total. The van der Waals surface area contributed by atoms with E-state index in [0.717, 1.165) is 12.1 Å². The van der Waals surface area contributed by atoms with Crippen LogP contribution in [-0.2, 0) is 11.2 Å². The van der Waals surface area contributed by atoms with Gasteiger partial charge in [0.15, 0.2) is 11.7 Å². The number of rotatable bonds is 6. The maximum absolute atomic E-state index is 13.8. The Morgan fingerprint density at radius 1 is 1.17 bits per heavy atom. The Labute approximate surface area is 176 Å². The molecule has 2 aromatic carbocycles. The Balaban J connectivity index is 1.65. The van der Waals surface area contributed by atoms with E-state index >= 15 is 0 Å². The number of anilines is 1. The minimum Gasteiger partial charge on any atom is -0.441 e. The predicted octanol–water partition coefficient (Wildman–Crippen LogP) is 4.55. The second-order valence-corrected chi connectivity index (χ2v) is 7.06. The number of oxazole rings is 1. The SMILES string of the molecule is CN(C)C(=O)c1ccc(Cl)c(NC(=O)CCc2ncc(-c3c(F)cccc3F)o2)c1. The van der Waals surface area contributed by atoms with Gasteiger partial charge in [0, 0.05) is 32.5 Å². The van der Waals surface area contributed by atoms with Crippen molar-refractivity contribution in [2.45, 2.75) is 12.8 Å². The number of aryl methyl sites for hydroxylation is 1. The number of nitrogens with one attached hydrogen (secondary N) is 1. The lowest BCUT2D eigenvalue weighted by atomic mass is 10.1. The molecule has 0 unspecified atom stereocenters. The highest BCUT2D eigenvalue weighted by atomic mass is 35.5. The van der Waals surface area contributed by atoms with E-state index in [0.29, 0.717) is 11.3 Å². The van der Waals surface area contributed by atoms with E-state index < -0.39 is 11.6 Å². The molecule has 2 amide bonds. The Morgan fingerprint density at radius 2 is 1.87 bits per heavy atom. The van der Waals surface area contributed by atoms with Crippen molar-refractivity contribution in [1.82, 2.24) is 9.88 Å². The lowest BCUT2D eigenvalue weighted by molar-refractivity contribution is -0.116. The van der Waals surface area contributed by atoms with Crippen LogP contribution in [-0.4, -0.2) is 35.8 Å². The number of nitrogens with zero attached hydrogens (tertiary/aromatic N) is 2. The van der Waals surface area contributed by atoms with Crippen molar-refractivity contribution in [3.8, 4) is 11.3 Å². The van der Waals surface area contributed by atoms with Gasteiger partial charge in [-0.15, -0.1) is 0 Å². The van der Waals surface area contributed by atoms with Crippen LogP contribution in [0.1, 0.15) is 22.7 Å². The molecular weight excluding hydrogens is 416 g/mol. The summed E-state index contributed by atoms with van der Waals surface area (Å²) < 4.78 is 33.1. The van der Waals surface area contributed by atoms with Gasteiger partial charge < -0.3 is 14.6 Å². The molecule has 1 N–H and O–H groups in total. The van der Waals surface area contributed by atoms with Gasteiger partial charge in [0.25, 0.3) is 5.91 Å². The number of hydrogen-bond donors (Lipinski definition) is 1. The third kappa shape index (κ3) is 4.83. The second-order valence-electron chi connectivity index (χ2n) is 6.66. The average molecular weight is 434 g/mol. The normalized spacial score (nSPS) is 10.7. The van der Waals surface area contributed by atoms with Crippen molar-refractivity contribution >= 4 is 29.1 Å². The minimum absolute atomic E-state index is 0.0120. The quantitative estimate of drug-likeness (QED) is 0.619. The first kappa shape index (κ1) is 21.4. The molecular formula is C21H18ClF2N3O3. The van der Waals surface area contributed by atoms with Crippen LogP contribution in [0.5, 0.6) is 0 Å². The zero-order valence-electron chi connectivity index (χ0n) is 16.2. The standard InChI is InChI=1S/C21H18ClF2N3O3/c1-27(2)21(29)12-6-7-13(22)16(10-12)26-18(28)8-9-19-25-11-17(30-19)20-14(23)4-3-5-15(20)24/h3-7,10-11H,8-9H2,1-2H3,(H,26,28). The average Bonchev–Trinajstić information content (AvgIpc) is 3.16. The van der Waals surface area contributed by atoms with Gasteiger partial charge >= 0.3 is 0 Å². The zero-order valence-corrected chi connectivity index (χ0v) is 17.0. The minimum atomic E-state index is -0.766. The lowest BCUT2D eigenvalue weighted by Gasteiger charge is -2.12. The number of amides is 2. The van der Waals surface area contributed by atoms with Crippen LogP contribution in [0, 0.1) is 11.6 Å². The van der Waals surface area contributed by atoms with Crippen LogP contribution in [0.15, 0.2) is 47.0 Å². The van der Waals surface area contributed by atoms with Gasteiger partial charge in [-0.05, 0) is 30.3 Å². The third-order valence-corrected chi connectivity index (χ3v) is 4.55. The van der Waals surface area contributed by atoms with Gasteiger partial charge in [0.2, 0.25) is 5.91 Å². The number of benzene rings is 2. The molecule has 1 heterocycles. The van der Waals surface area contributed by atoms with E-state index in [1.807, 2.05) is 0 Å². The van der Waals surface area contributed by atoms with Crippen LogP contribution in [0.2, 0.25) is 5.02 Å². The fourth-order valence-corrected chi connectivity index (χ4v) is 2.88. The molecule has 156 valence electrons. The summed E-state index contributed by atoms with van der Waals surface area (Å²) in [4.78, 5) is 29.7. The van der Waals surface area contributed by atoms with Crippen LogP contribution in [0.25, 0.3) is 11.3 Å². The molecule has 0 aliphatic heterocycles. The first-order valence-corrected chi connectivity index (χ1v) is 9.34. The van der Waals surface area contributed by atoms with Crippen molar-refractivity contribution in [3.63, 3.8) is 0 Å². The second kappa shape index (κ2) is 9.04. The summed E-state index contributed by atoms with van der Waals surface area (Å²) in [5.41, 5.74) is 0.370. The summed E-state index contributed by atoms with van der Waals surface area (Å²) in [5, 5.41) is 2.92. The van der Waals surface area contributed by atoms with Gasteiger partial charge in [0.1, 0.15) is 11.6 Å². The smallest absolute Gasteiger partial charge is 0.253 e.